The first kappa shape index (κ1) is 16.9. The van der Waals surface area contributed by atoms with E-state index in [4.69, 9.17) is 0 Å². The molecule has 0 aliphatic carbocycles. The van der Waals surface area contributed by atoms with Crippen LogP contribution in [-0.2, 0) is 11.3 Å². The van der Waals surface area contributed by atoms with Gasteiger partial charge in [0, 0.05) is 24.0 Å². The maximum absolute atomic E-state index is 13.1. The lowest BCUT2D eigenvalue weighted by atomic mass is 10.3. The van der Waals surface area contributed by atoms with Gasteiger partial charge in [0.05, 0.1) is 18.4 Å². The summed E-state index contributed by atoms with van der Waals surface area (Å²) in [5, 5.41) is 7.03. The maximum atomic E-state index is 13.1. The van der Waals surface area contributed by atoms with E-state index in [1.54, 1.807) is 23.0 Å². The quantitative estimate of drug-likeness (QED) is 0.751. The summed E-state index contributed by atoms with van der Waals surface area (Å²) in [5.41, 5.74) is 2.44. The molecule has 25 heavy (non-hydrogen) atoms. The summed E-state index contributed by atoms with van der Waals surface area (Å²) < 4.78 is 14.9. The highest BCUT2D eigenvalue weighted by Crippen LogP contribution is 2.11. The zero-order valence-electron chi connectivity index (χ0n) is 13.9. The number of carbonyl (C=O) groups excluding carboxylic acids is 1. The largest absolute Gasteiger partial charge is 0.325 e. The lowest BCUT2D eigenvalue weighted by Crippen LogP contribution is -2.29. The van der Waals surface area contributed by atoms with Crippen molar-refractivity contribution in [2.24, 2.45) is 0 Å². The molecule has 1 heterocycles. The molecule has 0 spiro atoms. The van der Waals surface area contributed by atoms with Gasteiger partial charge >= 0.3 is 0 Å². The topological polar surface area (TPSA) is 50.2 Å². The van der Waals surface area contributed by atoms with E-state index >= 15 is 0 Å². The second kappa shape index (κ2) is 7.72. The van der Waals surface area contributed by atoms with Gasteiger partial charge in [0.2, 0.25) is 5.91 Å². The van der Waals surface area contributed by atoms with Gasteiger partial charge in [-0.1, -0.05) is 24.3 Å². The molecule has 3 rings (SSSR count). The first-order chi connectivity index (χ1) is 12.1. The van der Waals surface area contributed by atoms with Gasteiger partial charge in [-0.2, -0.15) is 5.10 Å². The molecular formula is C19H19FN4O. The second-order valence-corrected chi connectivity index (χ2v) is 5.86. The number of aromatic nitrogens is 2. The number of hydrogen-bond donors (Lipinski definition) is 1. The van der Waals surface area contributed by atoms with Crippen LogP contribution in [0.5, 0.6) is 0 Å². The standard InChI is InChI=1S/C19H19FN4O/c1-23(14-19(25)22-17-7-5-6-16(20)10-17)12-15-11-21-24(13-15)18-8-3-2-4-9-18/h2-11,13H,12,14H2,1H3,(H,22,25). The zero-order chi connectivity index (χ0) is 17.6. The third kappa shape index (κ3) is 4.74. The summed E-state index contributed by atoms with van der Waals surface area (Å²) in [6.07, 6.45) is 3.73. The highest BCUT2D eigenvalue weighted by Gasteiger charge is 2.09. The number of rotatable bonds is 6. The number of anilines is 1. The normalized spacial score (nSPS) is 10.8. The fourth-order valence-corrected chi connectivity index (χ4v) is 2.54. The Morgan fingerprint density at radius 1 is 1.20 bits per heavy atom. The molecule has 0 saturated carbocycles. The van der Waals surface area contributed by atoms with E-state index in [1.165, 1.54) is 12.1 Å². The van der Waals surface area contributed by atoms with Gasteiger partial charge in [0.15, 0.2) is 0 Å². The van der Waals surface area contributed by atoms with E-state index in [-0.39, 0.29) is 18.3 Å². The summed E-state index contributed by atoms with van der Waals surface area (Å²) in [5.74, 6) is -0.567. The van der Waals surface area contributed by atoms with E-state index in [2.05, 4.69) is 10.4 Å². The number of halogens is 1. The summed E-state index contributed by atoms with van der Waals surface area (Å²) >= 11 is 0. The van der Waals surface area contributed by atoms with Crippen molar-refractivity contribution in [1.82, 2.24) is 14.7 Å². The molecule has 1 N–H and O–H groups in total. The number of nitrogens with zero attached hydrogens (tertiary/aromatic N) is 3. The number of benzene rings is 2. The Morgan fingerprint density at radius 3 is 2.76 bits per heavy atom. The van der Waals surface area contributed by atoms with Crippen molar-refractivity contribution >= 4 is 11.6 Å². The first-order valence-electron chi connectivity index (χ1n) is 7.93. The summed E-state index contributed by atoms with van der Waals surface area (Å²) in [6.45, 7) is 0.788. The predicted molar refractivity (Wildman–Crippen MR) is 94.9 cm³/mol. The molecule has 0 radical (unpaired) electrons. The third-order valence-corrected chi connectivity index (χ3v) is 3.63. The van der Waals surface area contributed by atoms with Crippen molar-refractivity contribution < 1.29 is 9.18 Å². The highest BCUT2D eigenvalue weighted by atomic mass is 19.1. The molecule has 5 nitrogen and oxygen atoms in total. The van der Waals surface area contributed by atoms with Crippen LogP contribution in [0.2, 0.25) is 0 Å². The predicted octanol–water partition coefficient (Wildman–Crippen LogP) is 3.08. The third-order valence-electron chi connectivity index (χ3n) is 3.63. The minimum atomic E-state index is -0.375. The van der Waals surface area contributed by atoms with E-state index in [9.17, 15) is 9.18 Å². The van der Waals surface area contributed by atoms with Crippen LogP contribution in [0.1, 0.15) is 5.56 Å². The molecule has 0 saturated heterocycles. The molecule has 2 aromatic carbocycles. The smallest absolute Gasteiger partial charge is 0.238 e. The highest BCUT2D eigenvalue weighted by molar-refractivity contribution is 5.92. The van der Waals surface area contributed by atoms with Crippen molar-refractivity contribution in [2.75, 3.05) is 18.9 Å². The van der Waals surface area contributed by atoms with Crippen molar-refractivity contribution in [3.63, 3.8) is 0 Å². The Bertz CT molecular complexity index is 847. The molecule has 1 amide bonds. The summed E-state index contributed by atoms with van der Waals surface area (Å²) in [6, 6.07) is 15.7. The molecular weight excluding hydrogens is 319 g/mol. The van der Waals surface area contributed by atoms with E-state index < -0.39 is 0 Å². The first-order valence-corrected chi connectivity index (χ1v) is 7.93. The Labute approximate surface area is 145 Å². The van der Waals surface area contributed by atoms with Crippen LogP contribution in [0.4, 0.5) is 10.1 Å². The van der Waals surface area contributed by atoms with Crippen molar-refractivity contribution in [3.8, 4) is 5.69 Å². The Morgan fingerprint density at radius 2 is 2.00 bits per heavy atom. The lowest BCUT2D eigenvalue weighted by molar-refractivity contribution is -0.117. The SMILES string of the molecule is CN(CC(=O)Nc1cccc(F)c1)Cc1cnn(-c2ccccc2)c1. The molecule has 1 aromatic heterocycles. The van der Waals surface area contributed by atoms with Crippen molar-refractivity contribution in [3.05, 3.63) is 78.4 Å². The Hall–Kier alpha value is -2.99. The van der Waals surface area contributed by atoms with Crippen LogP contribution in [0.3, 0.4) is 0 Å². The van der Waals surface area contributed by atoms with E-state index in [0.717, 1.165) is 11.3 Å². The number of likely N-dealkylation sites (N-methyl/N-ethyl adjacent to an activating group) is 1. The average Bonchev–Trinajstić information content (AvgIpc) is 3.03. The van der Waals surface area contributed by atoms with Crippen molar-refractivity contribution in [1.29, 1.82) is 0 Å². The van der Waals surface area contributed by atoms with Crippen LogP contribution in [0.15, 0.2) is 67.0 Å². The number of carbonyl (C=O) groups is 1. The minimum absolute atomic E-state index is 0.191. The number of hydrogen-bond acceptors (Lipinski definition) is 3. The molecule has 0 fully saturated rings. The van der Waals surface area contributed by atoms with Crippen LogP contribution < -0.4 is 5.32 Å². The van der Waals surface area contributed by atoms with Crippen LogP contribution in [0.25, 0.3) is 5.69 Å². The van der Waals surface area contributed by atoms with Crippen LogP contribution >= 0.6 is 0 Å². The van der Waals surface area contributed by atoms with Gasteiger partial charge in [-0.25, -0.2) is 9.07 Å². The number of para-hydroxylation sites is 1. The maximum Gasteiger partial charge on any atom is 0.238 e. The molecule has 0 aliphatic heterocycles. The van der Waals surface area contributed by atoms with Gasteiger partial charge in [-0.05, 0) is 37.4 Å². The molecule has 0 unspecified atom stereocenters. The van der Waals surface area contributed by atoms with E-state index in [0.29, 0.717) is 12.2 Å². The summed E-state index contributed by atoms with van der Waals surface area (Å²) in [4.78, 5) is 13.9. The number of nitrogens with one attached hydrogen (secondary N) is 1. The van der Waals surface area contributed by atoms with Crippen LogP contribution in [-0.4, -0.2) is 34.2 Å². The molecule has 6 heteroatoms. The number of amides is 1. The van der Waals surface area contributed by atoms with Gasteiger partial charge in [0.25, 0.3) is 0 Å². The second-order valence-electron chi connectivity index (χ2n) is 5.86. The van der Waals surface area contributed by atoms with Gasteiger partial charge in [-0.3, -0.25) is 9.69 Å². The molecule has 0 bridgehead atoms. The molecule has 3 aromatic rings. The van der Waals surface area contributed by atoms with E-state index in [1.807, 2.05) is 48.5 Å². The zero-order valence-corrected chi connectivity index (χ0v) is 13.9. The fourth-order valence-electron chi connectivity index (χ4n) is 2.54. The lowest BCUT2D eigenvalue weighted by Gasteiger charge is -2.15. The molecule has 0 aliphatic rings. The van der Waals surface area contributed by atoms with Crippen molar-refractivity contribution in [2.45, 2.75) is 6.54 Å². The fraction of sp³-hybridized carbons (Fsp3) is 0.158. The van der Waals surface area contributed by atoms with Crippen LogP contribution in [0, 0.1) is 5.82 Å². The Kier molecular flexibility index (Phi) is 5.20. The molecule has 0 atom stereocenters. The molecule has 128 valence electrons. The summed E-state index contributed by atoms with van der Waals surface area (Å²) in [7, 11) is 1.85. The van der Waals surface area contributed by atoms with Gasteiger partial charge < -0.3 is 5.32 Å². The monoisotopic (exact) mass is 338 g/mol. The average molecular weight is 338 g/mol. The Balaban J connectivity index is 1.55. The minimum Gasteiger partial charge on any atom is -0.325 e. The van der Waals surface area contributed by atoms with Gasteiger partial charge in [-0.15, -0.1) is 0 Å². The van der Waals surface area contributed by atoms with Gasteiger partial charge in [0.1, 0.15) is 5.82 Å².